The van der Waals surface area contributed by atoms with Gasteiger partial charge < -0.3 is 4.98 Å². The number of nitrogens with zero attached hydrogens (tertiary/aromatic N) is 1. The van der Waals surface area contributed by atoms with Gasteiger partial charge in [-0.25, -0.2) is 0 Å². The molecule has 0 unspecified atom stereocenters. The Labute approximate surface area is 137 Å². The van der Waals surface area contributed by atoms with Crippen LogP contribution in [0.3, 0.4) is 0 Å². The predicted molar refractivity (Wildman–Crippen MR) is 94.1 cm³/mol. The standard InChI is InChI=1S/C17H16N2OS2/c1-9-6-10(2)8-11(7-9)19-16(20)14-12-4-3-5-13(12)22-15(14)18-17(19)21/h6-8H,3-5H2,1-2H3,(H,18,21). The average molecular weight is 328 g/mol. The van der Waals surface area contributed by atoms with Crippen LogP contribution in [0.5, 0.6) is 0 Å². The molecular weight excluding hydrogens is 312 g/mol. The molecule has 3 nitrogen and oxygen atoms in total. The summed E-state index contributed by atoms with van der Waals surface area (Å²) < 4.78 is 2.12. The fourth-order valence-electron chi connectivity index (χ4n) is 3.39. The third-order valence-corrected chi connectivity index (χ3v) is 5.72. The van der Waals surface area contributed by atoms with Gasteiger partial charge in [-0.05, 0) is 74.2 Å². The molecule has 0 spiro atoms. The molecule has 2 aromatic heterocycles. The van der Waals surface area contributed by atoms with Gasteiger partial charge in [0.15, 0.2) is 4.77 Å². The van der Waals surface area contributed by atoms with Crippen LogP contribution in [-0.4, -0.2) is 9.55 Å². The van der Waals surface area contributed by atoms with Crippen LogP contribution in [0.1, 0.15) is 28.0 Å². The van der Waals surface area contributed by atoms with E-state index in [9.17, 15) is 4.79 Å². The number of benzene rings is 1. The van der Waals surface area contributed by atoms with Crippen molar-refractivity contribution < 1.29 is 0 Å². The first-order valence-corrected chi connectivity index (χ1v) is 8.65. The van der Waals surface area contributed by atoms with Crippen LogP contribution in [0.4, 0.5) is 0 Å². The van der Waals surface area contributed by atoms with Crippen molar-refractivity contribution in [3.8, 4) is 5.69 Å². The Morgan fingerprint density at radius 3 is 2.64 bits per heavy atom. The highest BCUT2D eigenvalue weighted by atomic mass is 32.1. The molecule has 4 rings (SSSR count). The largest absolute Gasteiger partial charge is 0.323 e. The van der Waals surface area contributed by atoms with Crippen LogP contribution in [0.2, 0.25) is 0 Å². The van der Waals surface area contributed by atoms with Gasteiger partial charge in [-0.1, -0.05) is 6.07 Å². The van der Waals surface area contributed by atoms with Crippen molar-refractivity contribution in [3.05, 3.63) is 54.9 Å². The van der Waals surface area contributed by atoms with E-state index in [1.165, 1.54) is 10.4 Å². The molecule has 22 heavy (non-hydrogen) atoms. The summed E-state index contributed by atoms with van der Waals surface area (Å²) in [7, 11) is 0. The van der Waals surface area contributed by atoms with Gasteiger partial charge in [0.2, 0.25) is 0 Å². The van der Waals surface area contributed by atoms with Crippen LogP contribution in [0.15, 0.2) is 23.0 Å². The number of aromatic nitrogens is 2. The summed E-state index contributed by atoms with van der Waals surface area (Å²) in [5.74, 6) is 0. The van der Waals surface area contributed by atoms with Crippen molar-refractivity contribution in [2.45, 2.75) is 33.1 Å². The summed E-state index contributed by atoms with van der Waals surface area (Å²) in [5, 5.41) is 0.838. The minimum atomic E-state index is 0.0168. The van der Waals surface area contributed by atoms with E-state index < -0.39 is 0 Å². The first kappa shape index (κ1) is 13.9. The second-order valence-corrected chi connectivity index (χ2v) is 7.47. The quantitative estimate of drug-likeness (QED) is 0.679. The summed E-state index contributed by atoms with van der Waals surface area (Å²) in [6.07, 6.45) is 3.23. The molecule has 5 heteroatoms. The number of nitrogens with one attached hydrogen (secondary N) is 1. The fourth-order valence-corrected chi connectivity index (χ4v) is 5.03. The normalized spacial score (nSPS) is 13.7. The lowest BCUT2D eigenvalue weighted by molar-refractivity contribution is 0.909. The van der Waals surface area contributed by atoms with Gasteiger partial charge in [0, 0.05) is 4.88 Å². The van der Waals surface area contributed by atoms with E-state index in [-0.39, 0.29) is 5.56 Å². The summed E-state index contributed by atoms with van der Waals surface area (Å²) in [5.41, 5.74) is 4.36. The van der Waals surface area contributed by atoms with Gasteiger partial charge >= 0.3 is 0 Å². The van der Waals surface area contributed by atoms with Crippen molar-refractivity contribution in [2.75, 3.05) is 0 Å². The molecule has 1 aromatic carbocycles. The van der Waals surface area contributed by atoms with Crippen LogP contribution >= 0.6 is 23.6 Å². The van der Waals surface area contributed by atoms with Gasteiger partial charge in [-0.3, -0.25) is 9.36 Å². The highest BCUT2D eigenvalue weighted by Gasteiger charge is 2.21. The molecule has 1 aliphatic rings. The molecule has 112 valence electrons. The van der Waals surface area contributed by atoms with Gasteiger partial charge in [0.1, 0.15) is 4.83 Å². The number of rotatable bonds is 1. The first-order chi connectivity index (χ1) is 10.5. The Kier molecular flexibility index (Phi) is 3.09. The lowest BCUT2D eigenvalue weighted by Crippen LogP contribution is -2.20. The van der Waals surface area contributed by atoms with E-state index in [1.807, 2.05) is 26.0 Å². The lowest BCUT2D eigenvalue weighted by Gasteiger charge is -2.09. The van der Waals surface area contributed by atoms with E-state index in [2.05, 4.69) is 11.1 Å². The molecule has 0 fully saturated rings. The van der Waals surface area contributed by atoms with E-state index in [0.29, 0.717) is 4.77 Å². The van der Waals surface area contributed by atoms with Gasteiger partial charge in [0.05, 0.1) is 11.1 Å². The van der Waals surface area contributed by atoms with E-state index in [1.54, 1.807) is 15.9 Å². The predicted octanol–water partition coefficient (Wildman–Crippen LogP) is 4.22. The van der Waals surface area contributed by atoms with E-state index >= 15 is 0 Å². The van der Waals surface area contributed by atoms with E-state index in [4.69, 9.17) is 12.2 Å². The maximum Gasteiger partial charge on any atom is 0.267 e. The van der Waals surface area contributed by atoms with Crippen LogP contribution in [0, 0.1) is 18.6 Å². The van der Waals surface area contributed by atoms with Crippen LogP contribution in [-0.2, 0) is 12.8 Å². The van der Waals surface area contributed by atoms with Gasteiger partial charge in [-0.2, -0.15) is 0 Å². The van der Waals surface area contributed by atoms with Crippen molar-refractivity contribution >= 4 is 33.8 Å². The highest BCUT2D eigenvalue weighted by Crippen LogP contribution is 2.34. The summed E-state index contributed by atoms with van der Waals surface area (Å²) in [4.78, 5) is 18.6. The number of H-pyrrole nitrogens is 1. The molecule has 0 radical (unpaired) electrons. The number of thiophene rings is 1. The van der Waals surface area contributed by atoms with E-state index in [0.717, 1.165) is 46.3 Å². The summed E-state index contributed by atoms with van der Waals surface area (Å²) in [6, 6.07) is 6.12. The molecule has 3 aromatic rings. The highest BCUT2D eigenvalue weighted by molar-refractivity contribution is 7.71. The zero-order valence-electron chi connectivity index (χ0n) is 12.5. The third kappa shape index (κ3) is 2.00. The number of fused-ring (bicyclic) bond motifs is 3. The Morgan fingerprint density at radius 2 is 1.91 bits per heavy atom. The molecule has 0 amide bonds. The SMILES string of the molecule is Cc1cc(C)cc(-n2c(=S)[nH]c3sc4c(c3c2=O)CCC4)c1. The number of aromatic amines is 1. The zero-order valence-corrected chi connectivity index (χ0v) is 14.2. The van der Waals surface area contributed by atoms with Crippen LogP contribution < -0.4 is 5.56 Å². The second kappa shape index (κ2) is 4.89. The molecule has 1 aliphatic carbocycles. The Hall–Kier alpha value is -1.72. The molecule has 2 heterocycles. The Balaban J connectivity index is 2.10. The first-order valence-electron chi connectivity index (χ1n) is 7.43. The average Bonchev–Trinajstić information content (AvgIpc) is 2.96. The maximum atomic E-state index is 13.1. The number of aryl methyl sites for hydroxylation is 4. The van der Waals surface area contributed by atoms with Crippen molar-refractivity contribution in [2.24, 2.45) is 0 Å². The molecular formula is C17H16N2OS2. The maximum absolute atomic E-state index is 13.1. The molecule has 1 N–H and O–H groups in total. The molecule has 0 aliphatic heterocycles. The molecule has 0 saturated carbocycles. The van der Waals surface area contributed by atoms with Crippen LogP contribution in [0.25, 0.3) is 15.9 Å². The second-order valence-electron chi connectivity index (χ2n) is 5.98. The Bertz CT molecular complexity index is 1000. The third-order valence-electron chi connectivity index (χ3n) is 4.23. The number of hydrogen-bond acceptors (Lipinski definition) is 3. The van der Waals surface area contributed by atoms with Crippen molar-refractivity contribution in [3.63, 3.8) is 0 Å². The Morgan fingerprint density at radius 1 is 1.18 bits per heavy atom. The monoisotopic (exact) mass is 328 g/mol. The minimum absolute atomic E-state index is 0.0168. The van der Waals surface area contributed by atoms with Crippen molar-refractivity contribution in [1.29, 1.82) is 0 Å². The number of hydrogen-bond donors (Lipinski definition) is 1. The molecule has 0 bridgehead atoms. The molecule has 0 saturated heterocycles. The van der Waals surface area contributed by atoms with Gasteiger partial charge in [0.25, 0.3) is 5.56 Å². The topological polar surface area (TPSA) is 37.8 Å². The molecule has 0 atom stereocenters. The summed E-state index contributed by atoms with van der Waals surface area (Å²) >= 11 is 7.15. The van der Waals surface area contributed by atoms with Gasteiger partial charge in [-0.15, -0.1) is 11.3 Å². The smallest absolute Gasteiger partial charge is 0.267 e. The fraction of sp³-hybridized carbons (Fsp3) is 0.294. The van der Waals surface area contributed by atoms with Crippen molar-refractivity contribution in [1.82, 2.24) is 9.55 Å². The minimum Gasteiger partial charge on any atom is -0.323 e. The lowest BCUT2D eigenvalue weighted by atomic mass is 10.1. The summed E-state index contributed by atoms with van der Waals surface area (Å²) in [6.45, 7) is 4.07. The zero-order chi connectivity index (χ0) is 15.4.